The van der Waals surface area contributed by atoms with Crippen molar-refractivity contribution in [3.8, 4) is 11.3 Å². The number of rotatable bonds is 7. The van der Waals surface area contributed by atoms with Crippen LogP contribution in [0.25, 0.3) is 11.3 Å². The maximum atomic E-state index is 12.2. The van der Waals surface area contributed by atoms with E-state index in [1.54, 1.807) is 6.92 Å². The molecular weight excluding hydrogens is 434 g/mol. The summed E-state index contributed by atoms with van der Waals surface area (Å²) in [5.41, 5.74) is 1.79. The van der Waals surface area contributed by atoms with E-state index >= 15 is 0 Å². The van der Waals surface area contributed by atoms with E-state index in [0.717, 1.165) is 67.7 Å². The number of aromatic nitrogens is 2. The lowest BCUT2D eigenvalue weighted by atomic mass is 10.1. The number of carbonyl (C=O) groups is 2. The van der Waals surface area contributed by atoms with Crippen LogP contribution in [0.3, 0.4) is 0 Å². The van der Waals surface area contributed by atoms with Gasteiger partial charge in [0.2, 0.25) is 11.8 Å². The molecule has 1 aliphatic heterocycles. The number of nitrogens with zero attached hydrogens (tertiary/aromatic N) is 3. The molecule has 2 N–H and O–H groups in total. The highest BCUT2D eigenvalue weighted by Crippen LogP contribution is 2.22. The Bertz CT molecular complexity index is 821. The van der Waals surface area contributed by atoms with Crippen LogP contribution in [0.4, 0.5) is 5.82 Å². The van der Waals surface area contributed by atoms with Crippen molar-refractivity contribution in [3.63, 3.8) is 0 Å². The number of halogens is 1. The zero-order valence-corrected chi connectivity index (χ0v) is 18.4. The zero-order valence-electron chi connectivity index (χ0n) is 16.8. The Kier molecular flexibility index (Phi) is 7.83. The minimum absolute atomic E-state index is 0.00497. The van der Waals surface area contributed by atoms with Gasteiger partial charge in [0, 0.05) is 49.1 Å². The lowest BCUT2D eigenvalue weighted by molar-refractivity contribution is -0.128. The van der Waals surface area contributed by atoms with Gasteiger partial charge in [-0.2, -0.15) is 5.10 Å². The highest BCUT2D eigenvalue weighted by atomic mass is 79.9. The molecule has 0 spiro atoms. The van der Waals surface area contributed by atoms with Gasteiger partial charge in [0.1, 0.15) is 5.82 Å². The second-order valence-electron chi connectivity index (χ2n) is 7.38. The van der Waals surface area contributed by atoms with Crippen LogP contribution >= 0.6 is 15.9 Å². The van der Waals surface area contributed by atoms with Crippen molar-refractivity contribution in [2.75, 3.05) is 38.0 Å². The number of unbranched alkanes of at least 4 members (excludes halogenated alkanes) is 1. The Balaban J connectivity index is 1.36. The predicted molar refractivity (Wildman–Crippen MR) is 118 cm³/mol. The summed E-state index contributed by atoms with van der Waals surface area (Å²) in [5, 5.41) is 10.0. The molecule has 1 saturated heterocycles. The van der Waals surface area contributed by atoms with Crippen molar-refractivity contribution in [3.05, 3.63) is 34.8 Å². The highest BCUT2D eigenvalue weighted by Gasteiger charge is 2.16. The summed E-state index contributed by atoms with van der Waals surface area (Å²) in [7, 11) is 0. The number of amides is 2. The summed E-state index contributed by atoms with van der Waals surface area (Å²) in [6, 6.07) is 9.72. The monoisotopic (exact) mass is 461 g/mol. The maximum Gasteiger partial charge on any atom is 0.225 e. The largest absolute Gasteiger partial charge is 0.342 e. The molecule has 8 heteroatoms. The van der Waals surface area contributed by atoms with Gasteiger partial charge < -0.3 is 15.1 Å². The van der Waals surface area contributed by atoms with Crippen molar-refractivity contribution >= 4 is 33.6 Å². The van der Waals surface area contributed by atoms with E-state index in [0.29, 0.717) is 12.2 Å². The number of aromatic amines is 1. The molecule has 2 amide bonds. The topological polar surface area (TPSA) is 81.3 Å². The molecule has 2 heterocycles. The number of hydrogen-bond acceptors (Lipinski definition) is 4. The standard InChI is InChI=1S/C21H28BrN5O2/c1-16(28)27-12-4-11-26(13-14-27)10-3-2-5-21(29)23-20-15-19(24-25-20)17-6-8-18(22)9-7-17/h6-9,15H,2-5,10-14H2,1H3,(H2,23,24,25,29). The van der Waals surface area contributed by atoms with E-state index in [-0.39, 0.29) is 11.8 Å². The Morgan fingerprint density at radius 2 is 1.93 bits per heavy atom. The number of nitrogens with one attached hydrogen (secondary N) is 2. The number of anilines is 1. The molecule has 0 aliphatic carbocycles. The van der Waals surface area contributed by atoms with Crippen LogP contribution < -0.4 is 5.32 Å². The molecule has 0 radical (unpaired) electrons. The molecule has 7 nitrogen and oxygen atoms in total. The van der Waals surface area contributed by atoms with Crippen molar-refractivity contribution in [1.29, 1.82) is 0 Å². The third-order valence-corrected chi connectivity index (χ3v) is 5.68. The summed E-state index contributed by atoms with van der Waals surface area (Å²) in [4.78, 5) is 28.0. The van der Waals surface area contributed by atoms with E-state index in [4.69, 9.17) is 0 Å². The fourth-order valence-electron chi connectivity index (χ4n) is 3.50. The van der Waals surface area contributed by atoms with Gasteiger partial charge in [-0.1, -0.05) is 28.1 Å². The van der Waals surface area contributed by atoms with Crippen LogP contribution in [0.15, 0.2) is 34.8 Å². The minimum atomic E-state index is -0.00497. The number of hydrogen-bond donors (Lipinski definition) is 2. The van der Waals surface area contributed by atoms with Crippen LogP contribution in [0.2, 0.25) is 0 Å². The lowest BCUT2D eigenvalue weighted by Gasteiger charge is -2.20. The average Bonchev–Trinajstić information content (AvgIpc) is 3.02. The predicted octanol–water partition coefficient (Wildman–Crippen LogP) is 3.50. The van der Waals surface area contributed by atoms with Crippen LogP contribution in [-0.4, -0.2) is 64.5 Å². The molecule has 3 rings (SSSR count). The molecule has 1 aromatic carbocycles. The highest BCUT2D eigenvalue weighted by molar-refractivity contribution is 9.10. The summed E-state index contributed by atoms with van der Waals surface area (Å²) in [5.74, 6) is 0.769. The first-order chi connectivity index (χ1) is 14.0. The van der Waals surface area contributed by atoms with Gasteiger partial charge in [-0.15, -0.1) is 0 Å². The summed E-state index contributed by atoms with van der Waals surface area (Å²) in [6.07, 6.45) is 3.31. The summed E-state index contributed by atoms with van der Waals surface area (Å²) >= 11 is 3.42. The third-order valence-electron chi connectivity index (χ3n) is 5.15. The van der Waals surface area contributed by atoms with Gasteiger partial charge in [0.05, 0.1) is 5.69 Å². The van der Waals surface area contributed by atoms with Crippen LogP contribution in [0.5, 0.6) is 0 Å². The van der Waals surface area contributed by atoms with Crippen molar-refractivity contribution in [1.82, 2.24) is 20.0 Å². The summed E-state index contributed by atoms with van der Waals surface area (Å²) < 4.78 is 1.02. The molecule has 156 valence electrons. The molecular formula is C21H28BrN5O2. The molecule has 1 aromatic heterocycles. The number of benzene rings is 1. The fourth-order valence-corrected chi connectivity index (χ4v) is 3.76. The number of H-pyrrole nitrogens is 1. The first-order valence-electron chi connectivity index (χ1n) is 10.1. The van der Waals surface area contributed by atoms with Crippen molar-refractivity contribution in [2.45, 2.75) is 32.6 Å². The molecule has 0 atom stereocenters. The molecule has 29 heavy (non-hydrogen) atoms. The third kappa shape index (κ3) is 6.68. The van der Waals surface area contributed by atoms with Crippen LogP contribution in [0, 0.1) is 0 Å². The Morgan fingerprint density at radius 1 is 1.14 bits per heavy atom. The Hall–Kier alpha value is -2.19. The molecule has 0 saturated carbocycles. The quantitative estimate of drug-likeness (QED) is 0.618. The smallest absolute Gasteiger partial charge is 0.225 e. The van der Waals surface area contributed by atoms with Gasteiger partial charge in [-0.25, -0.2) is 0 Å². The molecule has 1 fully saturated rings. The van der Waals surface area contributed by atoms with Crippen LogP contribution in [-0.2, 0) is 9.59 Å². The molecule has 1 aliphatic rings. The summed E-state index contributed by atoms with van der Waals surface area (Å²) in [6.45, 7) is 6.19. The van der Waals surface area contributed by atoms with Gasteiger partial charge >= 0.3 is 0 Å². The van der Waals surface area contributed by atoms with Gasteiger partial charge in [-0.3, -0.25) is 14.7 Å². The second-order valence-corrected chi connectivity index (χ2v) is 8.30. The van der Waals surface area contributed by atoms with Gasteiger partial charge in [0.15, 0.2) is 0 Å². The Morgan fingerprint density at radius 3 is 2.69 bits per heavy atom. The normalized spacial score (nSPS) is 15.2. The minimum Gasteiger partial charge on any atom is -0.342 e. The number of carbonyl (C=O) groups excluding carboxylic acids is 2. The SMILES string of the molecule is CC(=O)N1CCCN(CCCCC(=O)Nc2cc(-c3ccc(Br)cc3)n[nH]2)CC1. The van der Waals surface area contributed by atoms with E-state index in [2.05, 4.69) is 36.3 Å². The van der Waals surface area contributed by atoms with E-state index in [9.17, 15) is 9.59 Å². The molecule has 0 bridgehead atoms. The lowest BCUT2D eigenvalue weighted by Crippen LogP contribution is -2.34. The van der Waals surface area contributed by atoms with Gasteiger partial charge in [-0.05, 0) is 44.5 Å². The fraction of sp³-hybridized carbons (Fsp3) is 0.476. The first-order valence-corrected chi connectivity index (χ1v) is 10.9. The second kappa shape index (κ2) is 10.5. The zero-order chi connectivity index (χ0) is 20.6. The Labute approximate surface area is 180 Å². The maximum absolute atomic E-state index is 12.2. The van der Waals surface area contributed by atoms with Gasteiger partial charge in [0.25, 0.3) is 0 Å². The van der Waals surface area contributed by atoms with E-state index in [1.807, 2.05) is 35.2 Å². The molecule has 0 unspecified atom stereocenters. The average molecular weight is 462 g/mol. The van der Waals surface area contributed by atoms with Crippen molar-refractivity contribution in [2.24, 2.45) is 0 Å². The molecule has 2 aromatic rings. The van der Waals surface area contributed by atoms with Crippen LogP contribution in [0.1, 0.15) is 32.6 Å². The van der Waals surface area contributed by atoms with E-state index in [1.165, 1.54) is 0 Å². The van der Waals surface area contributed by atoms with E-state index < -0.39 is 0 Å². The van der Waals surface area contributed by atoms with Crippen molar-refractivity contribution < 1.29 is 9.59 Å². The first kappa shape index (κ1) is 21.5.